The van der Waals surface area contributed by atoms with E-state index < -0.39 is 5.41 Å². The average Bonchev–Trinajstić information content (AvgIpc) is 1.46. The highest BCUT2D eigenvalue weighted by Gasteiger charge is 2.68. The van der Waals surface area contributed by atoms with Crippen molar-refractivity contribution in [2.24, 2.45) is 0 Å². The van der Waals surface area contributed by atoms with Crippen LogP contribution in [0, 0.1) is 45.3 Å². The van der Waals surface area contributed by atoms with Crippen LogP contribution in [0.3, 0.4) is 0 Å². The second-order valence-corrected chi connectivity index (χ2v) is 33.8. The van der Waals surface area contributed by atoms with E-state index in [9.17, 15) is 21.0 Å². The van der Waals surface area contributed by atoms with Crippen LogP contribution in [0.5, 0.6) is 0 Å². The average molecular weight is 1590 g/mol. The van der Waals surface area contributed by atoms with Gasteiger partial charge < -0.3 is 9.32 Å². The van der Waals surface area contributed by atoms with Crippen LogP contribution in [0.2, 0.25) is 0 Å². The molecule has 6 aliphatic carbocycles. The lowest BCUT2D eigenvalue weighted by Gasteiger charge is -2.47. The SMILES string of the molecule is N#Cc1ccc2c(c1)C1c3ccccc3C23c2cc(N(c4ccc(-c5ccc(-c6ccc7nc8n(-c9cc%10c(cc9C#N)C9c%11ccccc%11C%10c%10cc(C#N)c(-n%11c%12ccc(-c%13ccccc%13)cc%12n%12c%13ccccc%13nc%11%12)cc%109)c9ccc(-c%10ccccc%10)cc9n8c7c6)cc5)cc4)c4ccc(-c5cccc6c5oc5ccccc56)cc4)c(C#N)cc2C13. The summed E-state index contributed by atoms with van der Waals surface area (Å²) in [5.41, 5.74) is 39.5. The zero-order valence-electron chi connectivity index (χ0n) is 66.7. The van der Waals surface area contributed by atoms with Crippen LogP contribution in [0.1, 0.15) is 113 Å². The van der Waals surface area contributed by atoms with E-state index in [1.807, 2.05) is 48.5 Å². The monoisotopic (exact) mass is 1590 g/mol. The number of nitrogens with zero attached hydrogens (tertiary/aromatic N) is 11. The first-order valence-corrected chi connectivity index (χ1v) is 42.3. The molecule has 0 spiro atoms. The van der Waals surface area contributed by atoms with Gasteiger partial charge in [0.1, 0.15) is 29.4 Å². The molecule has 28 rings (SSSR count). The largest absolute Gasteiger partial charge is 0.455 e. The zero-order valence-corrected chi connectivity index (χ0v) is 66.7. The van der Waals surface area contributed by atoms with E-state index in [1.54, 1.807) is 0 Å². The van der Waals surface area contributed by atoms with E-state index in [4.69, 9.17) is 14.4 Å². The van der Waals surface area contributed by atoms with Gasteiger partial charge in [0.25, 0.3) is 0 Å². The molecule has 12 heteroatoms. The van der Waals surface area contributed by atoms with Crippen molar-refractivity contribution in [2.75, 3.05) is 4.90 Å². The lowest BCUT2D eigenvalue weighted by Crippen LogP contribution is -2.41. The molecule has 17 aromatic carbocycles. The predicted molar refractivity (Wildman–Crippen MR) is 493 cm³/mol. The maximum absolute atomic E-state index is 11.8. The minimum atomic E-state index is -0.427. The molecule has 0 saturated heterocycles. The molecule has 0 aliphatic heterocycles. The first-order chi connectivity index (χ1) is 61.8. The number of benzene rings is 17. The number of furan rings is 1. The number of imidazole rings is 4. The number of aromatic nitrogens is 6. The van der Waals surface area contributed by atoms with E-state index in [2.05, 4.69) is 356 Å². The maximum Gasteiger partial charge on any atom is 0.220 e. The number of hydrogen-bond acceptors (Lipinski definition) is 8. The molecule has 0 amide bonds. The topological polar surface area (TPSA) is 156 Å². The van der Waals surface area contributed by atoms with Gasteiger partial charge in [-0.2, -0.15) is 21.0 Å². The van der Waals surface area contributed by atoms with Crippen LogP contribution in [0.4, 0.5) is 17.1 Å². The van der Waals surface area contributed by atoms with Gasteiger partial charge in [-0.25, -0.2) is 9.97 Å². The smallest absolute Gasteiger partial charge is 0.220 e. The van der Waals surface area contributed by atoms with E-state index in [0.29, 0.717) is 28.0 Å². The Hall–Kier alpha value is -17.2. The molecule has 0 N–H and O–H groups in total. The second-order valence-electron chi connectivity index (χ2n) is 33.8. The standard InChI is InChI=1S/C113H63N11O/c114-60-64-30-46-92-89(50-64)108-84-23-9-11-26-91(84)113(92)93-59-101(76(63-117)53-90(93)109(108)113)120(78-44-37-70(38-45-78)79-24-15-25-83-80-20-10-14-29-105(80)125-110(79)83)77-42-35-68(36-43-77)67-31-33-69(34-32-67)71-39-47-95-102(54-71)124-104-56-73(66-18-5-2-6-19-66)41-49-98(104)123(112(124)119-95)100-58-88-86(52-75(100)62-116)106-81-21-7-8-22-82(81)107(88)85-51-74(61-115)99(57-87(85)106)122-97-48-40-72(65-16-3-1-4-17-65)55-103(97)121-96-28-13-12-27-94(96)118-111(121)122/h1-59,106-109H. The third kappa shape index (κ3) is 9.33. The van der Waals surface area contributed by atoms with Crippen molar-refractivity contribution >= 4 is 94.7 Å². The number of para-hydroxylation sites is 4. The summed E-state index contributed by atoms with van der Waals surface area (Å²) in [6, 6.07) is 137. The Morgan fingerprint density at radius 1 is 0.312 bits per heavy atom. The lowest BCUT2D eigenvalue weighted by molar-refractivity contribution is 0.460. The van der Waals surface area contributed by atoms with Crippen LogP contribution < -0.4 is 4.90 Å². The van der Waals surface area contributed by atoms with Gasteiger partial charge in [0.15, 0.2) is 0 Å². The summed E-state index contributed by atoms with van der Waals surface area (Å²) < 4.78 is 15.4. The van der Waals surface area contributed by atoms with E-state index in [1.165, 1.54) is 44.5 Å². The molecule has 6 aliphatic rings. The Balaban J connectivity index is 0.561. The van der Waals surface area contributed by atoms with Crippen molar-refractivity contribution in [1.29, 1.82) is 21.0 Å². The first-order valence-electron chi connectivity index (χ1n) is 42.3. The molecule has 125 heavy (non-hydrogen) atoms. The van der Waals surface area contributed by atoms with Crippen molar-refractivity contribution in [3.8, 4) is 91.3 Å². The fraction of sp³-hybridized carbons (Fsp3) is 0.0442. The van der Waals surface area contributed by atoms with Gasteiger partial charge in [0.05, 0.1) is 94.9 Å². The molecule has 0 fully saturated rings. The highest BCUT2D eigenvalue weighted by Crippen LogP contribution is 2.77. The summed E-state index contributed by atoms with van der Waals surface area (Å²) in [5, 5.41) is 47.1. The summed E-state index contributed by atoms with van der Waals surface area (Å²) in [5.74, 6) is 1.07. The maximum atomic E-state index is 11.8. The Morgan fingerprint density at radius 3 is 1.42 bits per heavy atom. The summed E-state index contributed by atoms with van der Waals surface area (Å²) in [4.78, 5) is 13.1. The molecule has 22 aromatic rings. The molecule has 5 aromatic heterocycles. The molecular formula is C113H63N11O. The minimum absolute atomic E-state index is 0.0827. The number of fused-ring (bicyclic) bond motifs is 18. The molecule has 0 saturated carbocycles. The third-order valence-corrected chi connectivity index (χ3v) is 28.0. The summed E-state index contributed by atoms with van der Waals surface area (Å²) >= 11 is 0. The van der Waals surface area contributed by atoms with E-state index in [0.717, 1.165) is 178 Å². The van der Waals surface area contributed by atoms with Crippen LogP contribution in [-0.2, 0) is 5.41 Å². The lowest BCUT2D eigenvalue weighted by atomic mass is 9.55. The molecule has 12 nitrogen and oxygen atoms in total. The predicted octanol–water partition coefficient (Wildman–Crippen LogP) is 26.2. The van der Waals surface area contributed by atoms with Gasteiger partial charge in [-0.3, -0.25) is 17.9 Å². The van der Waals surface area contributed by atoms with Crippen molar-refractivity contribution in [3.05, 3.63) is 447 Å². The Morgan fingerprint density at radius 2 is 0.792 bits per heavy atom. The van der Waals surface area contributed by atoms with Crippen LogP contribution >= 0.6 is 0 Å². The molecule has 576 valence electrons. The van der Waals surface area contributed by atoms with Crippen molar-refractivity contribution < 1.29 is 4.42 Å². The van der Waals surface area contributed by atoms with Gasteiger partial charge in [0.2, 0.25) is 11.6 Å². The first kappa shape index (κ1) is 68.7. The molecule has 0 radical (unpaired) electrons. The summed E-state index contributed by atoms with van der Waals surface area (Å²) in [6.07, 6.45) is 0. The minimum Gasteiger partial charge on any atom is -0.455 e. The van der Waals surface area contributed by atoms with Crippen molar-refractivity contribution in [2.45, 2.75) is 29.1 Å². The van der Waals surface area contributed by atoms with E-state index >= 15 is 0 Å². The molecular weight excluding hydrogens is 1530 g/mol. The van der Waals surface area contributed by atoms with Gasteiger partial charge in [0, 0.05) is 51.4 Å². The number of anilines is 3. The number of rotatable bonds is 10. The molecule has 5 heterocycles. The Labute approximate surface area is 715 Å². The third-order valence-electron chi connectivity index (χ3n) is 28.0. The number of nitriles is 4. The van der Waals surface area contributed by atoms with Gasteiger partial charge in [-0.05, 0) is 244 Å². The van der Waals surface area contributed by atoms with Crippen LogP contribution in [-0.4, -0.2) is 27.9 Å². The number of hydrogen-bond donors (Lipinski definition) is 0. The van der Waals surface area contributed by atoms with Crippen molar-refractivity contribution in [1.82, 2.24) is 27.9 Å². The normalized spacial score (nSPS) is 16.3. The fourth-order valence-electron chi connectivity index (χ4n) is 22.7. The summed E-state index contributed by atoms with van der Waals surface area (Å²) in [7, 11) is 0. The molecule has 5 unspecified atom stereocenters. The molecule has 5 atom stereocenters. The Kier molecular flexibility index (Phi) is 14.0. The summed E-state index contributed by atoms with van der Waals surface area (Å²) in [6.45, 7) is 0. The quantitative estimate of drug-likeness (QED) is 0.131. The van der Waals surface area contributed by atoms with E-state index in [-0.39, 0.29) is 23.7 Å². The van der Waals surface area contributed by atoms with Gasteiger partial charge in [-0.15, -0.1) is 0 Å². The van der Waals surface area contributed by atoms with Crippen LogP contribution in [0.15, 0.2) is 362 Å². The van der Waals surface area contributed by atoms with Crippen molar-refractivity contribution in [3.63, 3.8) is 0 Å². The van der Waals surface area contributed by atoms with Gasteiger partial charge in [-0.1, -0.05) is 231 Å². The highest BCUT2D eigenvalue weighted by molar-refractivity contribution is 6.10. The molecule has 4 bridgehead atoms. The second kappa shape index (κ2) is 25.5. The zero-order chi connectivity index (χ0) is 82.3. The fourth-order valence-corrected chi connectivity index (χ4v) is 22.7. The Bertz CT molecular complexity index is 8750. The van der Waals surface area contributed by atoms with Gasteiger partial charge >= 0.3 is 0 Å². The van der Waals surface area contributed by atoms with Crippen LogP contribution in [0.25, 0.3) is 145 Å². The highest BCUT2D eigenvalue weighted by atomic mass is 16.3.